The second-order valence-electron chi connectivity index (χ2n) is 5.78. The molecule has 22 heavy (non-hydrogen) atoms. The van der Waals surface area contributed by atoms with Gasteiger partial charge in [0.15, 0.2) is 6.20 Å². The Balaban J connectivity index is 2.03. The summed E-state index contributed by atoms with van der Waals surface area (Å²) in [7, 11) is 2.12. The van der Waals surface area contributed by atoms with Gasteiger partial charge in [-0.2, -0.15) is 0 Å². The monoisotopic (exact) mass is 288 g/mol. The molecule has 0 aliphatic carbocycles. The van der Waals surface area contributed by atoms with Gasteiger partial charge in [-0.3, -0.25) is 0 Å². The Hall–Kier alpha value is -2.41. The lowest BCUT2D eigenvalue weighted by molar-refractivity contribution is -0.660. The molecule has 0 radical (unpaired) electrons. The van der Waals surface area contributed by atoms with Crippen LogP contribution in [0.2, 0.25) is 0 Å². The molecule has 1 heterocycles. The molecule has 0 N–H and O–H groups in total. The van der Waals surface area contributed by atoms with E-state index in [-0.39, 0.29) is 0 Å². The maximum absolute atomic E-state index is 2.28. The van der Waals surface area contributed by atoms with E-state index in [2.05, 4.69) is 92.3 Å². The summed E-state index contributed by atoms with van der Waals surface area (Å²) in [6.07, 6.45) is 3.29. The van der Waals surface area contributed by atoms with Crippen molar-refractivity contribution in [3.63, 3.8) is 0 Å². The normalized spacial score (nSPS) is 10.7. The summed E-state index contributed by atoms with van der Waals surface area (Å²) >= 11 is 0. The summed E-state index contributed by atoms with van der Waals surface area (Å²) in [6, 6.07) is 21.7. The van der Waals surface area contributed by atoms with Crippen LogP contribution in [0, 0.1) is 6.92 Å². The average Bonchev–Trinajstić information content (AvgIpc) is 2.56. The van der Waals surface area contributed by atoms with Gasteiger partial charge in [-0.1, -0.05) is 49.4 Å². The summed E-state index contributed by atoms with van der Waals surface area (Å²) in [5, 5.41) is 0. The Labute approximate surface area is 132 Å². The number of aromatic nitrogens is 1. The van der Waals surface area contributed by atoms with Gasteiger partial charge >= 0.3 is 0 Å². The Morgan fingerprint density at radius 3 is 2.27 bits per heavy atom. The van der Waals surface area contributed by atoms with Crippen LogP contribution in [0.15, 0.2) is 66.9 Å². The molecule has 0 saturated carbocycles. The fraction of sp³-hybridized carbons (Fsp3) is 0.190. The molecule has 2 aromatic carbocycles. The lowest BCUT2D eigenvalue weighted by Crippen LogP contribution is -2.31. The van der Waals surface area contributed by atoms with E-state index in [1.54, 1.807) is 0 Å². The highest BCUT2D eigenvalue weighted by atomic mass is 14.9. The number of pyridine rings is 1. The number of nitrogens with zero attached hydrogens (tertiary/aromatic N) is 1. The third-order valence-corrected chi connectivity index (χ3v) is 4.21. The highest BCUT2D eigenvalue weighted by Gasteiger charge is 2.13. The molecule has 0 spiro atoms. The number of rotatable bonds is 3. The molecule has 0 saturated heterocycles. The quantitative estimate of drug-likeness (QED) is 0.614. The van der Waals surface area contributed by atoms with Crippen LogP contribution in [-0.2, 0) is 13.5 Å². The Morgan fingerprint density at radius 1 is 0.864 bits per heavy atom. The minimum absolute atomic E-state index is 1.07. The second kappa shape index (κ2) is 6.15. The van der Waals surface area contributed by atoms with E-state index in [0.29, 0.717) is 0 Å². The van der Waals surface area contributed by atoms with Crippen LogP contribution in [0.3, 0.4) is 0 Å². The third-order valence-electron chi connectivity index (χ3n) is 4.21. The predicted octanol–water partition coefficient (Wildman–Crippen LogP) is 4.72. The molecular formula is C21H22N+. The van der Waals surface area contributed by atoms with Gasteiger partial charge in [0.1, 0.15) is 7.05 Å². The van der Waals surface area contributed by atoms with E-state index >= 15 is 0 Å². The molecule has 1 aromatic heterocycles. The number of hydrogen-bond donors (Lipinski definition) is 0. The van der Waals surface area contributed by atoms with Gasteiger partial charge in [0.05, 0.1) is 0 Å². The first kappa shape index (κ1) is 14.5. The molecule has 0 fully saturated rings. The SMILES string of the molecule is CCc1ccc(-c2ccc(-c3ccccc3)cc2C)[n+](C)c1. The van der Waals surface area contributed by atoms with Gasteiger partial charge in [-0.05, 0) is 42.2 Å². The summed E-state index contributed by atoms with van der Waals surface area (Å²) < 4.78 is 2.23. The minimum atomic E-state index is 1.07. The fourth-order valence-corrected chi connectivity index (χ4v) is 2.91. The van der Waals surface area contributed by atoms with E-state index in [9.17, 15) is 0 Å². The molecule has 3 aromatic rings. The van der Waals surface area contributed by atoms with Crippen LogP contribution in [-0.4, -0.2) is 0 Å². The van der Waals surface area contributed by atoms with Crippen LogP contribution < -0.4 is 4.57 Å². The van der Waals surface area contributed by atoms with E-state index in [4.69, 9.17) is 0 Å². The smallest absolute Gasteiger partial charge is 0.201 e. The number of aryl methyl sites for hydroxylation is 3. The van der Waals surface area contributed by atoms with Crippen molar-refractivity contribution >= 4 is 0 Å². The number of benzene rings is 2. The predicted molar refractivity (Wildman–Crippen MR) is 92.6 cm³/mol. The van der Waals surface area contributed by atoms with Crippen molar-refractivity contribution in [2.45, 2.75) is 20.3 Å². The van der Waals surface area contributed by atoms with Gasteiger partial charge < -0.3 is 0 Å². The number of hydrogen-bond acceptors (Lipinski definition) is 0. The molecule has 1 heteroatoms. The molecule has 3 rings (SSSR count). The van der Waals surface area contributed by atoms with Gasteiger partial charge in [0.25, 0.3) is 0 Å². The summed E-state index contributed by atoms with van der Waals surface area (Å²) in [4.78, 5) is 0. The molecule has 0 bridgehead atoms. The van der Waals surface area contributed by atoms with Crippen molar-refractivity contribution in [3.8, 4) is 22.4 Å². The highest BCUT2D eigenvalue weighted by molar-refractivity contribution is 5.70. The van der Waals surface area contributed by atoms with Crippen LogP contribution in [0.1, 0.15) is 18.1 Å². The first-order valence-electron chi connectivity index (χ1n) is 7.84. The molecule has 1 nitrogen and oxygen atoms in total. The molecule has 0 amide bonds. The lowest BCUT2D eigenvalue weighted by Gasteiger charge is -2.08. The maximum Gasteiger partial charge on any atom is 0.212 e. The van der Waals surface area contributed by atoms with Gasteiger partial charge in [-0.15, -0.1) is 0 Å². The van der Waals surface area contributed by atoms with Crippen molar-refractivity contribution in [1.82, 2.24) is 0 Å². The van der Waals surface area contributed by atoms with Crippen LogP contribution in [0.5, 0.6) is 0 Å². The summed E-state index contributed by atoms with van der Waals surface area (Å²) in [6.45, 7) is 4.38. The summed E-state index contributed by atoms with van der Waals surface area (Å²) in [5.74, 6) is 0. The maximum atomic E-state index is 2.28. The van der Waals surface area contributed by atoms with Crippen molar-refractivity contribution in [1.29, 1.82) is 0 Å². The molecule has 0 unspecified atom stereocenters. The van der Waals surface area contributed by atoms with Gasteiger partial charge in [-0.25, -0.2) is 4.57 Å². The van der Waals surface area contributed by atoms with Crippen LogP contribution >= 0.6 is 0 Å². The summed E-state index contributed by atoms with van der Waals surface area (Å²) in [5.41, 5.74) is 7.77. The molecule has 0 atom stereocenters. The molecular weight excluding hydrogens is 266 g/mol. The Kier molecular flexibility index (Phi) is 4.06. The van der Waals surface area contributed by atoms with Crippen molar-refractivity contribution in [2.75, 3.05) is 0 Å². The van der Waals surface area contributed by atoms with Gasteiger partial charge in [0.2, 0.25) is 5.69 Å². The molecule has 0 aliphatic heterocycles. The molecule has 110 valence electrons. The molecule has 0 aliphatic rings. The third kappa shape index (κ3) is 2.80. The van der Waals surface area contributed by atoms with E-state index in [1.165, 1.54) is 33.5 Å². The average molecular weight is 288 g/mol. The zero-order valence-corrected chi connectivity index (χ0v) is 13.5. The van der Waals surface area contributed by atoms with Crippen molar-refractivity contribution in [3.05, 3.63) is 78.0 Å². The first-order chi connectivity index (χ1) is 10.7. The van der Waals surface area contributed by atoms with Crippen LogP contribution in [0.4, 0.5) is 0 Å². The highest BCUT2D eigenvalue weighted by Crippen LogP contribution is 2.26. The van der Waals surface area contributed by atoms with Crippen molar-refractivity contribution < 1.29 is 4.57 Å². The Morgan fingerprint density at radius 2 is 1.64 bits per heavy atom. The largest absolute Gasteiger partial charge is 0.212 e. The topological polar surface area (TPSA) is 3.88 Å². The standard InChI is InChI=1S/C21H22N/c1-4-17-10-13-21(22(3)15-17)20-12-11-19(14-16(20)2)18-8-6-5-7-9-18/h5-15H,4H2,1-3H3/q+1. The van der Waals surface area contributed by atoms with Gasteiger partial charge in [0, 0.05) is 17.2 Å². The van der Waals surface area contributed by atoms with E-state index < -0.39 is 0 Å². The minimum Gasteiger partial charge on any atom is -0.201 e. The Bertz CT molecular complexity index is 788. The second-order valence-corrected chi connectivity index (χ2v) is 5.78. The fourth-order valence-electron chi connectivity index (χ4n) is 2.91. The lowest BCUT2D eigenvalue weighted by atomic mass is 9.97. The van der Waals surface area contributed by atoms with E-state index in [1.807, 2.05) is 0 Å². The van der Waals surface area contributed by atoms with Crippen molar-refractivity contribution in [2.24, 2.45) is 7.05 Å². The zero-order valence-electron chi connectivity index (χ0n) is 13.5. The van der Waals surface area contributed by atoms with E-state index in [0.717, 1.165) is 6.42 Å². The first-order valence-corrected chi connectivity index (χ1v) is 7.84. The van der Waals surface area contributed by atoms with Crippen LogP contribution in [0.25, 0.3) is 22.4 Å². The zero-order chi connectivity index (χ0) is 15.5.